The maximum Gasteiger partial charge on any atom is 1.00 e. The Morgan fingerprint density at radius 3 is 2.21 bits per heavy atom. The molecular weight excluding hydrogens is 412 g/mol. The van der Waals surface area contributed by atoms with Gasteiger partial charge in [-0.3, -0.25) is 4.21 Å². The van der Waals surface area contributed by atoms with Crippen molar-refractivity contribution in [2.75, 3.05) is 0 Å². The normalized spacial score (nSPS) is 13.4. The topological polar surface area (TPSA) is 58.0 Å². The molecule has 0 spiro atoms. The quantitative estimate of drug-likeness (QED) is 0.355. The largest absolute Gasteiger partial charge is 1.00 e. The number of rotatable bonds is 5. The molecule has 0 N–H and O–H groups in total. The fourth-order valence-electron chi connectivity index (χ4n) is 2.78. The monoisotopic (exact) mass is 428 g/mol. The van der Waals surface area contributed by atoms with Crippen LogP contribution in [0.3, 0.4) is 0 Å². The average Bonchev–Trinajstić information content (AvgIpc) is 3.09. The van der Waals surface area contributed by atoms with Crippen molar-refractivity contribution < 1.29 is 51.5 Å². The van der Waals surface area contributed by atoms with E-state index in [1.54, 1.807) is 24.3 Å². The number of aromatic nitrogens is 2. The van der Waals surface area contributed by atoms with Crippen LogP contribution in [-0.2, 0) is 17.3 Å². The molecule has 0 radical (unpaired) electrons. The van der Waals surface area contributed by atoms with Crippen molar-refractivity contribution in [1.82, 2.24) is 9.78 Å². The standard InChI is InChI=1S/C20H17F3N2O2S.Na/c1-3-18(28(26)27)15-8-10-16(11-9-15)25-17(12-19(24-25)20(21,22)23)14-6-4-13(2)5-7-14;/h3-12,18H,1H2,2H3,(H,26,27);/q;+1/p-1. The zero-order valence-corrected chi connectivity index (χ0v) is 18.6. The van der Waals surface area contributed by atoms with Crippen molar-refractivity contribution in [3.8, 4) is 16.9 Å². The third-order valence-corrected chi connectivity index (χ3v) is 5.11. The van der Waals surface area contributed by atoms with Crippen molar-refractivity contribution in [3.05, 3.63) is 84.1 Å². The smallest absolute Gasteiger partial charge is 0.772 e. The Kier molecular flexibility index (Phi) is 7.64. The molecule has 2 atom stereocenters. The van der Waals surface area contributed by atoms with E-state index in [1.807, 2.05) is 6.92 Å². The molecule has 1 aromatic heterocycles. The van der Waals surface area contributed by atoms with Crippen LogP contribution in [0.2, 0.25) is 0 Å². The van der Waals surface area contributed by atoms with Gasteiger partial charge in [-0.15, -0.1) is 6.58 Å². The Labute approximate surface area is 191 Å². The molecule has 3 rings (SSSR count). The van der Waals surface area contributed by atoms with E-state index in [9.17, 15) is 21.9 Å². The maximum absolute atomic E-state index is 13.2. The second-order valence-electron chi connectivity index (χ2n) is 6.20. The summed E-state index contributed by atoms with van der Waals surface area (Å²) in [6.07, 6.45) is -3.30. The number of alkyl halides is 3. The van der Waals surface area contributed by atoms with Crippen molar-refractivity contribution >= 4 is 11.1 Å². The van der Waals surface area contributed by atoms with E-state index < -0.39 is 28.2 Å². The summed E-state index contributed by atoms with van der Waals surface area (Å²) in [6, 6.07) is 14.2. The molecule has 3 aromatic rings. The molecule has 4 nitrogen and oxygen atoms in total. The van der Waals surface area contributed by atoms with E-state index in [0.717, 1.165) is 11.6 Å². The molecule has 0 saturated heterocycles. The molecule has 0 aliphatic rings. The summed E-state index contributed by atoms with van der Waals surface area (Å²) in [6.45, 7) is 5.38. The number of aryl methyl sites for hydroxylation is 1. The first-order chi connectivity index (χ1) is 13.2. The second kappa shape index (κ2) is 9.40. The summed E-state index contributed by atoms with van der Waals surface area (Å²) in [5, 5.41) is 2.84. The fraction of sp³-hybridized carbons (Fsp3) is 0.150. The summed E-state index contributed by atoms with van der Waals surface area (Å²) in [5.74, 6) is 0. The summed E-state index contributed by atoms with van der Waals surface area (Å²) in [4.78, 5) is 0. The van der Waals surface area contributed by atoms with Gasteiger partial charge in [0.2, 0.25) is 0 Å². The molecule has 146 valence electrons. The van der Waals surface area contributed by atoms with Crippen LogP contribution in [-0.4, -0.2) is 18.5 Å². The van der Waals surface area contributed by atoms with E-state index >= 15 is 0 Å². The number of nitrogens with zero attached hydrogens (tertiary/aromatic N) is 2. The molecule has 0 bridgehead atoms. The van der Waals surface area contributed by atoms with Gasteiger partial charge in [0.15, 0.2) is 5.69 Å². The van der Waals surface area contributed by atoms with Gasteiger partial charge in [-0.05, 0) is 41.8 Å². The van der Waals surface area contributed by atoms with Crippen LogP contribution in [0.15, 0.2) is 67.3 Å². The van der Waals surface area contributed by atoms with Crippen LogP contribution in [0.25, 0.3) is 16.9 Å². The Bertz CT molecular complexity index is 1020. The molecule has 1 heterocycles. The predicted octanol–water partition coefficient (Wildman–Crippen LogP) is 1.98. The minimum absolute atomic E-state index is 0. The summed E-state index contributed by atoms with van der Waals surface area (Å²) >= 11 is -2.39. The molecule has 9 heteroatoms. The molecule has 0 saturated carbocycles. The number of hydrogen-bond acceptors (Lipinski definition) is 3. The third-order valence-electron chi connectivity index (χ3n) is 4.23. The minimum Gasteiger partial charge on any atom is -0.772 e. The first-order valence-corrected chi connectivity index (χ1v) is 9.40. The van der Waals surface area contributed by atoms with E-state index in [-0.39, 0.29) is 35.3 Å². The van der Waals surface area contributed by atoms with Gasteiger partial charge in [-0.25, -0.2) is 4.68 Å². The molecule has 0 fully saturated rings. The van der Waals surface area contributed by atoms with E-state index in [4.69, 9.17) is 0 Å². The van der Waals surface area contributed by atoms with E-state index in [0.29, 0.717) is 16.8 Å². The van der Waals surface area contributed by atoms with Gasteiger partial charge >= 0.3 is 35.7 Å². The van der Waals surface area contributed by atoms with Gasteiger partial charge in [0.25, 0.3) is 0 Å². The first-order valence-electron chi connectivity index (χ1n) is 8.26. The molecule has 0 amide bonds. The predicted molar refractivity (Wildman–Crippen MR) is 101 cm³/mol. The van der Waals surface area contributed by atoms with Gasteiger partial charge in [-0.1, -0.05) is 48.0 Å². The third kappa shape index (κ3) is 5.26. The second-order valence-corrected chi connectivity index (χ2v) is 7.23. The first kappa shape index (κ1) is 23.6. The van der Waals surface area contributed by atoms with Crippen LogP contribution in [0.1, 0.15) is 22.1 Å². The molecule has 0 aliphatic heterocycles. The van der Waals surface area contributed by atoms with Crippen LogP contribution in [0.4, 0.5) is 13.2 Å². The maximum atomic E-state index is 13.2. The zero-order valence-electron chi connectivity index (χ0n) is 15.8. The summed E-state index contributed by atoms with van der Waals surface area (Å²) in [5.41, 5.74) is 1.70. The number of hydrogen-bond donors (Lipinski definition) is 0. The van der Waals surface area contributed by atoms with Crippen LogP contribution in [0, 0.1) is 6.92 Å². The van der Waals surface area contributed by atoms with Gasteiger partial charge in [0, 0.05) is 5.56 Å². The number of benzene rings is 2. The SMILES string of the molecule is C=CC(c1ccc(-n2nc(C(F)(F)F)cc2-c2ccc(C)cc2)cc1)S(=O)[O-].[Na+]. The molecule has 2 unspecified atom stereocenters. The number of halogens is 3. The van der Waals surface area contributed by atoms with Crippen molar-refractivity contribution in [2.24, 2.45) is 0 Å². The van der Waals surface area contributed by atoms with E-state index in [2.05, 4.69) is 11.7 Å². The fourth-order valence-corrected chi connectivity index (χ4v) is 3.31. The summed E-state index contributed by atoms with van der Waals surface area (Å²) < 4.78 is 63.4. The van der Waals surface area contributed by atoms with Crippen LogP contribution in [0.5, 0.6) is 0 Å². The van der Waals surface area contributed by atoms with Crippen LogP contribution < -0.4 is 29.6 Å². The Hall–Kier alpha value is -1.71. The molecule has 0 aliphatic carbocycles. The van der Waals surface area contributed by atoms with Crippen molar-refractivity contribution in [2.45, 2.75) is 18.3 Å². The van der Waals surface area contributed by atoms with Crippen molar-refractivity contribution in [3.63, 3.8) is 0 Å². The Morgan fingerprint density at radius 1 is 1.14 bits per heavy atom. The Balaban J connectivity index is 0.00000300. The van der Waals surface area contributed by atoms with Gasteiger partial charge in [-0.2, -0.15) is 18.3 Å². The molecule has 29 heavy (non-hydrogen) atoms. The molecule has 2 aromatic carbocycles. The Morgan fingerprint density at radius 2 is 1.72 bits per heavy atom. The summed E-state index contributed by atoms with van der Waals surface area (Å²) in [7, 11) is 0. The van der Waals surface area contributed by atoms with E-state index in [1.165, 1.54) is 35.0 Å². The van der Waals surface area contributed by atoms with Gasteiger partial charge < -0.3 is 4.55 Å². The molecular formula is C20H16F3N2NaO2S. The van der Waals surface area contributed by atoms with Gasteiger partial charge in [0.05, 0.1) is 16.6 Å². The van der Waals surface area contributed by atoms with Gasteiger partial charge in [0.1, 0.15) is 0 Å². The average molecular weight is 428 g/mol. The van der Waals surface area contributed by atoms with Crippen molar-refractivity contribution in [1.29, 1.82) is 0 Å². The minimum atomic E-state index is -4.59. The van der Waals surface area contributed by atoms with Crippen LogP contribution >= 0.6 is 0 Å². The zero-order chi connectivity index (χ0) is 20.5.